The molecule has 0 saturated carbocycles. The van der Waals surface area contributed by atoms with E-state index in [9.17, 15) is 8.42 Å². The molecule has 1 aliphatic rings. The molecule has 4 nitrogen and oxygen atoms in total. The molecule has 1 unspecified atom stereocenters. The summed E-state index contributed by atoms with van der Waals surface area (Å²) in [5.74, 6) is 0.845. The van der Waals surface area contributed by atoms with Crippen molar-refractivity contribution in [2.45, 2.75) is 30.1 Å². The monoisotopic (exact) mass is 301 g/mol. The Balaban J connectivity index is 2.25. The lowest BCUT2D eigenvalue weighted by atomic mass is 10.2. The summed E-state index contributed by atoms with van der Waals surface area (Å²) in [5.41, 5.74) is 0.625. The molecule has 106 valence electrons. The number of nitrogens with zero attached hydrogens (tertiary/aromatic N) is 1. The first-order valence-electron chi connectivity index (χ1n) is 6.39. The number of aliphatic hydroxyl groups is 1. The molecule has 0 aromatic heterocycles. The molecule has 1 heterocycles. The molecule has 0 radical (unpaired) electrons. The second-order valence-corrected chi connectivity index (χ2v) is 7.92. The number of benzene rings is 1. The predicted octanol–water partition coefficient (Wildman–Crippen LogP) is 1.70. The predicted molar refractivity (Wildman–Crippen MR) is 77.7 cm³/mol. The number of hydrogen-bond acceptors (Lipinski definition) is 4. The van der Waals surface area contributed by atoms with Crippen LogP contribution in [0.15, 0.2) is 29.2 Å². The van der Waals surface area contributed by atoms with Crippen LogP contribution in [0, 0.1) is 0 Å². The quantitative estimate of drug-likeness (QED) is 0.919. The van der Waals surface area contributed by atoms with Crippen LogP contribution in [0.2, 0.25) is 0 Å². The summed E-state index contributed by atoms with van der Waals surface area (Å²) in [4.78, 5) is 0.279. The number of sulfonamides is 1. The molecule has 0 spiro atoms. The standard InChI is InChI=1S/C13H19NO3S2/c1-2-12-9-14(6-7-18-12)19(16,17)13-5-3-4-11(8-13)10-15/h3-5,8,12,15H,2,6-7,9-10H2,1H3. The van der Waals surface area contributed by atoms with Gasteiger partial charge in [-0.25, -0.2) is 8.42 Å². The van der Waals surface area contributed by atoms with E-state index < -0.39 is 10.0 Å². The van der Waals surface area contributed by atoms with Crippen molar-refractivity contribution in [3.8, 4) is 0 Å². The molecular formula is C13H19NO3S2. The van der Waals surface area contributed by atoms with Crippen LogP contribution < -0.4 is 0 Å². The molecule has 1 saturated heterocycles. The van der Waals surface area contributed by atoms with Crippen LogP contribution >= 0.6 is 11.8 Å². The summed E-state index contributed by atoms with van der Waals surface area (Å²) in [6, 6.07) is 6.55. The average molecular weight is 301 g/mol. The van der Waals surface area contributed by atoms with Crippen LogP contribution in [0.1, 0.15) is 18.9 Å². The molecule has 6 heteroatoms. The molecule has 1 N–H and O–H groups in total. The van der Waals surface area contributed by atoms with Crippen molar-refractivity contribution in [1.82, 2.24) is 4.31 Å². The first-order valence-corrected chi connectivity index (χ1v) is 8.88. The summed E-state index contributed by atoms with van der Waals surface area (Å²) in [7, 11) is -3.43. The first-order chi connectivity index (χ1) is 9.07. The van der Waals surface area contributed by atoms with Gasteiger partial charge in [-0.15, -0.1) is 0 Å². The summed E-state index contributed by atoms with van der Waals surface area (Å²) < 4.78 is 26.7. The maximum Gasteiger partial charge on any atom is 0.243 e. The van der Waals surface area contributed by atoms with Gasteiger partial charge in [0, 0.05) is 24.1 Å². The van der Waals surface area contributed by atoms with E-state index in [1.54, 1.807) is 28.6 Å². The van der Waals surface area contributed by atoms with E-state index >= 15 is 0 Å². The van der Waals surface area contributed by atoms with E-state index in [1.807, 2.05) is 11.8 Å². The van der Waals surface area contributed by atoms with Crippen LogP contribution in [0.5, 0.6) is 0 Å². The molecule has 1 atom stereocenters. The SMILES string of the molecule is CCC1CN(S(=O)(=O)c2cccc(CO)c2)CCS1. The Bertz CT molecular complexity index is 530. The number of aliphatic hydroxyl groups excluding tert-OH is 1. The van der Waals surface area contributed by atoms with E-state index in [2.05, 4.69) is 6.92 Å². The van der Waals surface area contributed by atoms with Gasteiger partial charge in [0.15, 0.2) is 0 Å². The molecule has 19 heavy (non-hydrogen) atoms. The third-order valence-electron chi connectivity index (χ3n) is 3.28. The molecule has 0 aliphatic carbocycles. The summed E-state index contributed by atoms with van der Waals surface area (Å²) in [6.07, 6.45) is 0.980. The lowest BCUT2D eigenvalue weighted by molar-refractivity contribution is 0.281. The van der Waals surface area contributed by atoms with Crippen molar-refractivity contribution < 1.29 is 13.5 Å². The summed E-state index contributed by atoms with van der Waals surface area (Å²) in [6.45, 7) is 3.08. The highest BCUT2D eigenvalue weighted by atomic mass is 32.2. The lowest BCUT2D eigenvalue weighted by Crippen LogP contribution is -2.41. The molecule has 1 aromatic rings. The van der Waals surface area contributed by atoms with Gasteiger partial charge in [0.2, 0.25) is 10.0 Å². The van der Waals surface area contributed by atoms with E-state index in [-0.39, 0.29) is 11.5 Å². The zero-order valence-corrected chi connectivity index (χ0v) is 12.6. The van der Waals surface area contributed by atoms with Gasteiger partial charge in [-0.1, -0.05) is 19.1 Å². The zero-order valence-electron chi connectivity index (χ0n) is 10.9. The second kappa shape index (κ2) is 6.26. The molecule has 1 aromatic carbocycles. The highest BCUT2D eigenvalue weighted by molar-refractivity contribution is 8.00. The lowest BCUT2D eigenvalue weighted by Gasteiger charge is -2.31. The van der Waals surface area contributed by atoms with Crippen LogP contribution in [0.3, 0.4) is 0 Å². The smallest absolute Gasteiger partial charge is 0.243 e. The molecule has 1 aliphatic heterocycles. The van der Waals surface area contributed by atoms with E-state index in [0.717, 1.165) is 12.2 Å². The Labute approximate surface area is 118 Å². The normalized spacial score (nSPS) is 21.5. The largest absolute Gasteiger partial charge is 0.392 e. The van der Waals surface area contributed by atoms with Gasteiger partial charge < -0.3 is 5.11 Å². The maximum absolute atomic E-state index is 12.6. The van der Waals surface area contributed by atoms with Gasteiger partial charge in [-0.3, -0.25) is 0 Å². The molecular weight excluding hydrogens is 282 g/mol. The van der Waals surface area contributed by atoms with Gasteiger partial charge in [-0.2, -0.15) is 16.1 Å². The Morgan fingerprint density at radius 3 is 2.95 bits per heavy atom. The minimum Gasteiger partial charge on any atom is -0.392 e. The van der Waals surface area contributed by atoms with Crippen molar-refractivity contribution in [2.24, 2.45) is 0 Å². The number of rotatable bonds is 4. The third kappa shape index (κ3) is 3.31. The highest BCUT2D eigenvalue weighted by Gasteiger charge is 2.29. The summed E-state index contributed by atoms with van der Waals surface area (Å²) in [5, 5.41) is 9.49. The fraction of sp³-hybridized carbons (Fsp3) is 0.538. The Morgan fingerprint density at radius 2 is 2.26 bits per heavy atom. The van der Waals surface area contributed by atoms with Crippen molar-refractivity contribution in [2.75, 3.05) is 18.8 Å². The topological polar surface area (TPSA) is 57.6 Å². The van der Waals surface area contributed by atoms with E-state index in [4.69, 9.17) is 5.11 Å². The van der Waals surface area contributed by atoms with E-state index in [1.165, 1.54) is 0 Å². The molecule has 0 amide bonds. The van der Waals surface area contributed by atoms with Crippen LogP contribution in [-0.4, -0.2) is 41.9 Å². The van der Waals surface area contributed by atoms with Gasteiger partial charge in [0.1, 0.15) is 0 Å². The average Bonchev–Trinajstić information content (AvgIpc) is 2.47. The molecule has 2 rings (SSSR count). The fourth-order valence-corrected chi connectivity index (χ4v) is 5.06. The van der Waals surface area contributed by atoms with Gasteiger partial charge in [0.05, 0.1) is 11.5 Å². The van der Waals surface area contributed by atoms with Gasteiger partial charge in [-0.05, 0) is 24.1 Å². The number of hydrogen-bond donors (Lipinski definition) is 1. The number of thioether (sulfide) groups is 1. The van der Waals surface area contributed by atoms with Crippen LogP contribution in [-0.2, 0) is 16.6 Å². The first kappa shape index (κ1) is 14.8. The van der Waals surface area contributed by atoms with Crippen LogP contribution in [0.4, 0.5) is 0 Å². The van der Waals surface area contributed by atoms with Crippen molar-refractivity contribution >= 4 is 21.8 Å². The minimum absolute atomic E-state index is 0.142. The van der Waals surface area contributed by atoms with Crippen molar-refractivity contribution in [3.05, 3.63) is 29.8 Å². The Hall–Kier alpha value is -0.560. The summed E-state index contributed by atoms with van der Waals surface area (Å²) >= 11 is 1.84. The Kier molecular flexibility index (Phi) is 4.89. The molecule has 1 fully saturated rings. The fourth-order valence-electron chi connectivity index (χ4n) is 2.11. The maximum atomic E-state index is 12.6. The van der Waals surface area contributed by atoms with Crippen LogP contribution in [0.25, 0.3) is 0 Å². The zero-order chi connectivity index (χ0) is 13.9. The third-order valence-corrected chi connectivity index (χ3v) is 6.51. The van der Waals surface area contributed by atoms with Gasteiger partial charge in [0.25, 0.3) is 0 Å². The highest BCUT2D eigenvalue weighted by Crippen LogP contribution is 2.26. The molecule has 0 bridgehead atoms. The van der Waals surface area contributed by atoms with Crippen molar-refractivity contribution in [1.29, 1.82) is 0 Å². The Morgan fingerprint density at radius 1 is 1.47 bits per heavy atom. The van der Waals surface area contributed by atoms with E-state index in [0.29, 0.717) is 23.9 Å². The second-order valence-electron chi connectivity index (χ2n) is 4.57. The minimum atomic E-state index is -3.43. The van der Waals surface area contributed by atoms with Gasteiger partial charge >= 0.3 is 0 Å². The van der Waals surface area contributed by atoms with Crippen molar-refractivity contribution in [3.63, 3.8) is 0 Å².